The molecule has 0 saturated carbocycles. The van der Waals surface area contributed by atoms with E-state index in [1.807, 2.05) is 36.4 Å². The summed E-state index contributed by atoms with van der Waals surface area (Å²) in [6, 6.07) is 20.4. The summed E-state index contributed by atoms with van der Waals surface area (Å²) in [5, 5.41) is 11.6. The fourth-order valence-corrected chi connectivity index (χ4v) is 2.30. The van der Waals surface area contributed by atoms with Crippen molar-refractivity contribution in [2.45, 2.75) is 12.6 Å². The van der Waals surface area contributed by atoms with Crippen LogP contribution in [0.1, 0.15) is 6.92 Å². The van der Waals surface area contributed by atoms with E-state index in [-0.39, 0.29) is 12.4 Å². The lowest BCUT2D eigenvalue weighted by Gasteiger charge is -2.26. The van der Waals surface area contributed by atoms with Gasteiger partial charge in [0.25, 0.3) is 0 Å². The number of fused-ring (bicyclic) bond motifs is 1. The Morgan fingerprint density at radius 3 is 2.30 bits per heavy atom. The Hall–Kier alpha value is -2.72. The van der Waals surface area contributed by atoms with Crippen LogP contribution in [0, 0.1) is 0 Å². The second-order valence-corrected chi connectivity index (χ2v) is 5.71. The molecule has 118 valence electrons. The highest BCUT2D eigenvalue weighted by molar-refractivity contribution is 5.83. The molecule has 0 aromatic heterocycles. The molecule has 0 aliphatic carbocycles. The number of benzene rings is 3. The normalized spacial score (nSPS) is 13.5. The van der Waals surface area contributed by atoms with E-state index in [1.54, 1.807) is 31.2 Å². The van der Waals surface area contributed by atoms with Crippen molar-refractivity contribution in [1.82, 2.24) is 0 Å². The summed E-state index contributed by atoms with van der Waals surface area (Å²) >= 11 is 0. The van der Waals surface area contributed by atoms with Gasteiger partial charge < -0.3 is 14.6 Å². The van der Waals surface area contributed by atoms with Gasteiger partial charge in [0.15, 0.2) is 5.72 Å². The first-order valence-electron chi connectivity index (χ1n) is 7.40. The summed E-state index contributed by atoms with van der Waals surface area (Å²) in [6.07, 6.45) is 0. The van der Waals surface area contributed by atoms with E-state index in [1.165, 1.54) is 0 Å². The quantitative estimate of drug-likeness (QED) is 0.706. The average Bonchev–Trinajstić information content (AvgIpc) is 2.55. The first-order chi connectivity index (χ1) is 11.0. The Bertz CT molecular complexity index is 797. The van der Waals surface area contributed by atoms with Gasteiger partial charge in [0.05, 0.1) is 0 Å². The summed E-state index contributed by atoms with van der Waals surface area (Å²) in [5.41, 5.74) is 5.15. The van der Waals surface area contributed by atoms with Gasteiger partial charge in [-0.05, 0) is 54.1 Å². The molecule has 3 aromatic carbocycles. The Labute approximate surface area is 135 Å². The third-order valence-corrected chi connectivity index (χ3v) is 3.43. The van der Waals surface area contributed by atoms with Crippen molar-refractivity contribution in [2.75, 3.05) is 6.61 Å². The SMILES string of the molecule is C[C@@](N)(COc1ccc2ccccc2c1)Oc1ccc(O)cc1. The van der Waals surface area contributed by atoms with Gasteiger partial charge in [-0.15, -0.1) is 0 Å². The van der Waals surface area contributed by atoms with Crippen molar-refractivity contribution in [1.29, 1.82) is 0 Å². The van der Waals surface area contributed by atoms with Gasteiger partial charge in [-0.3, -0.25) is 5.73 Å². The molecular formula is C19H19NO3. The summed E-state index contributed by atoms with van der Waals surface area (Å²) in [6.45, 7) is 1.95. The topological polar surface area (TPSA) is 64.7 Å². The van der Waals surface area contributed by atoms with Gasteiger partial charge in [-0.25, -0.2) is 0 Å². The van der Waals surface area contributed by atoms with Crippen LogP contribution in [0.4, 0.5) is 0 Å². The second-order valence-electron chi connectivity index (χ2n) is 5.71. The van der Waals surface area contributed by atoms with Crippen LogP contribution in [-0.4, -0.2) is 17.4 Å². The van der Waals surface area contributed by atoms with Gasteiger partial charge in [0, 0.05) is 0 Å². The van der Waals surface area contributed by atoms with Crippen LogP contribution in [0.2, 0.25) is 0 Å². The largest absolute Gasteiger partial charge is 0.508 e. The lowest BCUT2D eigenvalue weighted by atomic mass is 10.1. The van der Waals surface area contributed by atoms with Crippen LogP contribution in [0.15, 0.2) is 66.7 Å². The minimum atomic E-state index is -0.984. The maximum atomic E-state index is 9.28. The highest BCUT2D eigenvalue weighted by Gasteiger charge is 2.22. The molecule has 4 nitrogen and oxygen atoms in total. The van der Waals surface area contributed by atoms with Crippen LogP contribution in [-0.2, 0) is 0 Å². The summed E-state index contributed by atoms with van der Waals surface area (Å²) in [5.74, 6) is 1.51. The fraction of sp³-hybridized carbons (Fsp3) is 0.158. The molecule has 0 aliphatic rings. The van der Waals surface area contributed by atoms with Crippen LogP contribution in [0.3, 0.4) is 0 Å². The molecule has 3 N–H and O–H groups in total. The summed E-state index contributed by atoms with van der Waals surface area (Å²) in [4.78, 5) is 0. The molecule has 0 radical (unpaired) electrons. The fourth-order valence-electron chi connectivity index (χ4n) is 2.30. The van der Waals surface area contributed by atoms with E-state index in [4.69, 9.17) is 15.2 Å². The second kappa shape index (κ2) is 6.18. The molecule has 23 heavy (non-hydrogen) atoms. The highest BCUT2D eigenvalue weighted by Crippen LogP contribution is 2.23. The number of phenols is 1. The van der Waals surface area contributed by atoms with Crippen molar-refractivity contribution in [3.63, 3.8) is 0 Å². The lowest BCUT2D eigenvalue weighted by molar-refractivity contribution is 0.0411. The number of hydrogen-bond donors (Lipinski definition) is 2. The van der Waals surface area contributed by atoms with Gasteiger partial charge in [0.1, 0.15) is 23.9 Å². The van der Waals surface area contributed by atoms with Crippen LogP contribution < -0.4 is 15.2 Å². The van der Waals surface area contributed by atoms with E-state index >= 15 is 0 Å². The first kappa shape index (κ1) is 15.2. The lowest BCUT2D eigenvalue weighted by Crippen LogP contribution is -2.48. The van der Waals surface area contributed by atoms with Gasteiger partial charge in [0.2, 0.25) is 0 Å². The number of rotatable bonds is 5. The zero-order valence-electron chi connectivity index (χ0n) is 12.9. The zero-order chi connectivity index (χ0) is 16.3. The number of aromatic hydroxyl groups is 1. The molecule has 0 unspecified atom stereocenters. The molecule has 0 fully saturated rings. The number of ether oxygens (including phenoxy) is 2. The number of phenolic OH excluding ortho intramolecular Hbond substituents is 1. The van der Waals surface area contributed by atoms with Gasteiger partial charge in [-0.2, -0.15) is 0 Å². The molecule has 0 bridgehead atoms. The number of nitrogens with two attached hydrogens (primary N) is 1. The van der Waals surface area contributed by atoms with Crippen LogP contribution >= 0.6 is 0 Å². The first-order valence-corrected chi connectivity index (χ1v) is 7.40. The van der Waals surface area contributed by atoms with Crippen molar-refractivity contribution >= 4 is 10.8 Å². The molecule has 0 aliphatic heterocycles. The van der Waals surface area contributed by atoms with Gasteiger partial charge >= 0.3 is 0 Å². The third-order valence-electron chi connectivity index (χ3n) is 3.43. The molecule has 3 aromatic rings. The minimum absolute atomic E-state index is 0.184. The summed E-state index contributed by atoms with van der Waals surface area (Å²) in [7, 11) is 0. The average molecular weight is 309 g/mol. The molecule has 1 atom stereocenters. The molecular weight excluding hydrogens is 290 g/mol. The van der Waals surface area contributed by atoms with Crippen molar-refractivity contribution in [2.24, 2.45) is 5.73 Å². The zero-order valence-corrected chi connectivity index (χ0v) is 12.9. The monoisotopic (exact) mass is 309 g/mol. The molecule has 0 heterocycles. The maximum Gasteiger partial charge on any atom is 0.189 e. The smallest absolute Gasteiger partial charge is 0.189 e. The Morgan fingerprint density at radius 1 is 0.913 bits per heavy atom. The van der Waals surface area contributed by atoms with Gasteiger partial charge in [-0.1, -0.05) is 30.3 Å². The third kappa shape index (κ3) is 3.93. The number of hydrogen-bond acceptors (Lipinski definition) is 4. The van der Waals surface area contributed by atoms with Crippen molar-refractivity contribution in [3.05, 3.63) is 66.7 Å². The molecule has 0 spiro atoms. The minimum Gasteiger partial charge on any atom is -0.508 e. The predicted molar refractivity (Wildman–Crippen MR) is 90.8 cm³/mol. The van der Waals surface area contributed by atoms with Crippen LogP contribution in [0.25, 0.3) is 10.8 Å². The Kier molecular flexibility index (Phi) is 4.08. The molecule has 4 heteroatoms. The summed E-state index contributed by atoms with van der Waals surface area (Å²) < 4.78 is 11.5. The Balaban J connectivity index is 1.66. The highest BCUT2D eigenvalue weighted by atomic mass is 16.6. The predicted octanol–water partition coefficient (Wildman–Crippen LogP) is 3.68. The van der Waals surface area contributed by atoms with E-state index in [0.717, 1.165) is 16.5 Å². The van der Waals surface area contributed by atoms with Crippen molar-refractivity contribution < 1.29 is 14.6 Å². The Morgan fingerprint density at radius 2 is 1.57 bits per heavy atom. The van der Waals surface area contributed by atoms with E-state index < -0.39 is 5.72 Å². The van der Waals surface area contributed by atoms with E-state index in [9.17, 15) is 5.11 Å². The van der Waals surface area contributed by atoms with E-state index in [2.05, 4.69) is 6.07 Å². The molecule has 0 amide bonds. The van der Waals surface area contributed by atoms with E-state index in [0.29, 0.717) is 5.75 Å². The molecule has 0 saturated heterocycles. The van der Waals surface area contributed by atoms with Crippen molar-refractivity contribution in [3.8, 4) is 17.2 Å². The standard InChI is InChI=1S/C19H19NO3/c1-19(20,23-17-10-7-16(21)8-11-17)13-22-18-9-6-14-4-2-3-5-15(14)12-18/h2-12,21H,13,20H2,1H3/t19-/m0/s1. The maximum absolute atomic E-state index is 9.28. The van der Waals surface area contributed by atoms with Crippen LogP contribution in [0.5, 0.6) is 17.2 Å². The molecule has 3 rings (SSSR count).